The lowest BCUT2D eigenvalue weighted by Gasteiger charge is -2.26. The number of rotatable bonds is 21. The van der Waals surface area contributed by atoms with E-state index in [0.29, 0.717) is 45.1 Å². The number of ether oxygens (including phenoxy) is 7. The van der Waals surface area contributed by atoms with Gasteiger partial charge in [0.15, 0.2) is 0 Å². The highest BCUT2D eigenvalue weighted by atomic mass is 32.2. The number of sulfone groups is 4. The number of hydrogen-bond acceptors (Lipinski definition) is 15. The molecule has 13 aromatic carbocycles. The molecule has 0 aliphatic heterocycles. The van der Waals surface area contributed by atoms with E-state index >= 15 is 0 Å². The Morgan fingerprint density at radius 1 is 0.194 bits per heavy atom. The maximum atomic E-state index is 12.9. The first-order chi connectivity index (χ1) is 51.7. The summed E-state index contributed by atoms with van der Waals surface area (Å²) in [6, 6.07) is 91.8. The van der Waals surface area contributed by atoms with Gasteiger partial charge in [-0.25, -0.2) is 33.7 Å². The Morgan fingerprint density at radius 3 is 0.537 bits per heavy atom. The fourth-order valence-corrected chi connectivity index (χ4v) is 15.9. The van der Waals surface area contributed by atoms with Crippen LogP contribution in [0.3, 0.4) is 0 Å². The van der Waals surface area contributed by atoms with E-state index in [2.05, 4.69) is 38.1 Å². The van der Waals surface area contributed by atoms with E-state index in [4.69, 9.17) is 33.2 Å². The van der Waals surface area contributed by atoms with Crippen molar-refractivity contribution in [3.05, 3.63) is 349 Å². The first-order valence-corrected chi connectivity index (χ1v) is 40.0. The first kappa shape index (κ1) is 78.8. The molecule has 0 saturated carbocycles. The lowest BCUT2D eigenvalue weighted by atomic mass is 9.78. The quantitative estimate of drug-likeness (QED) is 0.0657. The molecular formula is C89H82O15S4. The number of methoxy groups -OCH3 is 4. The lowest BCUT2D eigenvalue weighted by molar-refractivity contribution is 0.413. The Bertz CT molecular complexity index is 5570. The minimum atomic E-state index is -3.56. The molecule has 0 amide bonds. The lowest BCUT2D eigenvalue weighted by Crippen LogP contribution is -2.18. The van der Waals surface area contributed by atoms with E-state index in [1.807, 2.05) is 100 Å². The molecule has 0 radical (unpaired) electrons. The molecule has 15 nitrogen and oxygen atoms in total. The molecule has 13 aromatic rings. The molecule has 0 atom stereocenters. The predicted octanol–water partition coefficient (Wildman–Crippen LogP) is 20.7. The number of hydrogen-bond donors (Lipinski definition) is 0. The minimum absolute atomic E-state index is 0.184. The molecule has 0 fully saturated rings. The Hall–Kier alpha value is -11.7. The third-order valence-electron chi connectivity index (χ3n) is 17.5. The molecule has 0 aliphatic carbocycles. The zero-order valence-electron chi connectivity index (χ0n) is 61.3. The molecule has 13 rings (SSSR count). The van der Waals surface area contributed by atoms with Crippen molar-refractivity contribution in [1.82, 2.24) is 0 Å². The van der Waals surface area contributed by atoms with E-state index in [1.165, 1.54) is 5.56 Å². The van der Waals surface area contributed by atoms with Crippen LogP contribution in [0.1, 0.15) is 47.2 Å². The van der Waals surface area contributed by atoms with Crippen LogP contribution in [0.15, 0.2) is 355 Å². The van der Waals surface area contributed by atoms with Crippen molar-refractivity contribution in [2.24, 2.45) is 0 Å². The molecule has 552 valence electrons. The van der Waals surface area contributed by atoms with Crippen LogP contribution in [0.5, 0.6) is 57.5 Å². The number of aryl methyl sites for hydroxylation is 4. The summed E-state index contributed by atoms with van der Waals surface area (Å²) >= 11 is 0. The van der Waals surface area contributed by atoms with Gasteiger partial charge in [0.2, 0.25) is 39.3 Å². The van der Waals surface area contributed by atoms with Crippen LogP contribution in [0, 0.1) is 27.7 Å². The van der Waals surface area contributed by atoms with Crippen LogP contribution >= 0.6 is 0 Å². The standard InChI is InChI=1S/C29H28O4S.C26H22O4S.C20H18O4S.C14H14O3S/c1-21-5-17-27(18-6-21)34(30,31)28-19-15-26(16-20-28)33-25-13-9-23(10-14-25)29(2,3)22-7-11-24(32-4)12-8-22;1-19-3-15-25(16-4-19)31(27,28)26-17-13-24(14-18-26)30-23-11-7-21(8-12-23)20-5-9-22(29-2)10-6-20;1-15-3-11-19(12-4-15)25(21,22)20-13-9-18(10-14-20)24-17-7-5-16(23-2)6-8-17;1-11-3-7-13(8-4-11)18(15,16)14-9-5-12(17-2)6-10-14/h5-20H,1-4H3;3-18H,1-2H3;3-14H,1-2H3;3-10H,1-2H3. The molecule has 0 saturated heterocycles. The van der Waals surface area contributed by atoms with Crippen LogP contribution in [0.25, 0.3) is 11.1 Å². The van der Waals surface area contributed by atoms with Crippen molar-refractivity contribution in [2.45, 2.75) is 86.1 Å². The average molecular weight is 1520 g/mol. The Balaban J connectivity index is 0.000000157. The smallest absolute Gasteiger partial charge is 0.206 e. The van der Waals surface area contributed by atoms with Gasteiger partial charge in [0.1, 0.15) is 57.5 Å². The fraction of sp³-hybridized carbons (Fsp3) is 0.124. The van der Waals surface area contributed by atoms with Gasteiger partial charge in [-0.15, -0.1) is 0 Å². The first-order valence-electron chi connectivity index (χ1n) is 34.1. The third kappa shape index (κ3) is 20.0. The Kier molecular flexibility index (Phi) is 25.6. The topological polar surface area (TPSA) is 201 Å². The Morgan fingerprint density at radius 2 is 0.333 bits per heavy atom. The van der Waals surface area contributed by atoms with E-state index in [0.717, 1.165) is 56.2 Å². The van der Waals surface area contributed by atoms with E-state index < -0.39 is 39.3 Å². The molecule has 0 heterocycles. The van der Waals surface area contributed by atoms with Crippen molar-refractivity contribution in [2.75, 3.05) is 28.4 Å². The van der Waals surface area contributed by atoms with Gasteiger partial charge in [0.25, 0.3) is 0 Å². The monoisotopic (exact) mass is 1520 g/mol. The summed E-state index contributed by atoms with van der Waals surface area (Å²) in [6.07, 6.45) is 0. The molecule has 0 aromatic heterocycles. The van der Waals surface area contributed by atoms with Crippen molar-refractivity contribution in [3.8, 4) is 68.6 Å². The van der Waals surface area contributed by atoms with Gasteiger partial charge in [-0.3, -0.25) is 0 Å². The van der Waals surface area contributed by atoms with Crippen LogP contribution in [0.2, 0.25) is 0 Å². The summed E-state index contributed by atoms with van der Waals surface area (Å²) < 4.78 is 139. The maximum absolute atomic E-state index is 12.9. The zero-order chi connectivity index (χ0) is 77.2. The predicted molar refractivity (Wildman–Crippen MR) is 422 cm³/mol. The van der Waals surface area contributed by atoms with Crippen LogP contribution in [-0.4, -0.2) is 62.1 Å². The summed E-state index contributed by atoms with van der Waals surface area (Å²) in [4.78, 5) is 2.12. The highest BCUT2D eigenvalue weighted by molar-refractivity contribution is 7.92. The summed E-state index contributed by atoms with van der Waals surface area (Å²) in [6.45, 7) is 12.0. The third-order valence-corrected chi connectivity index (χ3v) is 24.7. The second kappa shape index (κ2) is 35.1. The fourth-order valence-electron chi connectivity index (χ4n) is 10.9. The second-order valence-corrected chi connectivity index (χ2v) is 33.3. The molecular weight excluding hydrogens is 1440 g/mol. The van der Waals surface area contributed by atoms with E-state index in [-0.39, 0.29) is 39.7 Å². The summed E-state index contributed by atoms with van der Waals surface area (Å²) in [7, 11) is -7.62. The van der Waals surface area contributed by atoms with Gasteiger partial charge < -0.3 is 33.2 Å². The van der Waals surface area contributed by atoms with Gasteiger partial charge in [0, 0.05) is 5.41 Å². The second-order valence-electron chi connectivity index (χ2n) is 25.5. The molecule has 0 N–H and O–H groups in total. The van der Waals surface area contributed by atoms with Crippen molar-refractivity contribution >= 4 is 39.3 Å². The molecule has 0 spiro atoms. The zero-order valence-corrected chi connectivity index (χ0v) is 64.5. The van der Waals surface area contributed by atoms with E-state index in [1.54, 1.807) is 247 Å². The van der Waals surface area contributed by atoms with Gasteiger partial charge in [-0.2, -0.15) is 0 Å². The summed E-state index contributed by atoms with van der Waals surface area (Å²) in [5.74, 6) is 6.74. The van der Waals surface area contributed by atoms with Crippen molar-refractivity contribution < 1.29 is 66.8 Å². The molecule has 0 aliphatic rings. The molecule has 108 heavy (non-hydrogen) atoms. The number of benzene rings is 13. The van der Waals surface area contributed by atoms with Crippen LogP contribution < -0.4 is 33.2 Å². The molecule has 19 heteroatoms. The highest BCUT2D eigenvalue weighted by Gasteiger charge is 2.25. The highest BCUT2D eigenvalue weighted by Crippen LogP contribution is 2.36. The SMILES string of the molecule is COc1ccc(-c2ccc(Oc3ccc(S(=O)(=O)c4ccc(C)cc4)cc3)cc2)cc1.COc1ccc(C(C)(C)c2ccc(Oc3ccc(S(=O)(=O)c4ccc(C)cc4)cc3)cc2)cc1.COc1ccc(Oc2ccc(S(=O)(=O)c3ccc(C)cc3)cc2)cc1.COc1ccc(S(=O)(=O)c2ccc(C)cc2)cc1. The summed E-state index contributed by atoms with van der Waals surface area (Å²) in [5, 5.41) is 0. The van der Waals surface area contributed by atoms with Gasteiger partial charge in [0.05, 0.1) is 67.6 Å². The Labute approximate surface area is 633 Å². The van der Waals surface area contributed by atoms with Crippen molar-refractivity contribution in [1.29, 1.82) is 0 Å². The maximum Gasteiger partial charge on any atom is 0.206 e. The normalized spacial score (nSPS) is 11.4. The molecule has 0 unspecified atom stereocenters. The van der Waals surface area contributed by atoms with E-state index in [9.17, 15) is 33.7 Å². The largest absolute Gasteiger partial charge is 0.497 e. The van der Waals surface area contributed by atoms with Gasteiger partial charge in [-0.1, -0.05) is 133 Å². The summed E-state index contributed by atoms with van der Waals surface area (Å²) in [5.41, 5.74) is 8.38. The van der Waals surface area contributed by atoms with Crippen LogP contribution in [-0.2, 0) is 44.8 Å². The van der Waals surface area contributed by atoms with Gasteiger partial charge in [-0.05, 0) is 268 Å². The van der Waals surface area contributed by atoms with Crippen molar-refractivity contribution in [3.63, 3.8) is 0 Å². The molecule has 0 bridgehead atoms. The minimum Gasteiger partial charge on any atom is -0.497 e. The van der Waals surface area contributed by atoms with Gasteiger partial charge >= 0.3 is 0 Å². The average Bonchev–Trinajstić information content (AvgIpc) is 0.823. The van der Waals surface area contributed by atoms with Crippen LogP contribution in [0.4, 0.5) is 0 Å².